The smallest absolute Gasteiger partial charge is 0.224 e. The maximum Gasteiger partial charge on any atom is 0.224 e. The molecule has 3 aromatic rings. The first kappa shape index (κ1) is 18.2. The fourth-order valence-corrected chi connectivity index (χ4v) is 3.57. The van der Waals surface area contributed by atoms with Crippen molar-refractivity contribution in [3.63, 3.8) is 0 Å². The van der Waals surface area contributed by atoms with E-state index in [1.807, 2.05) is 29.1 Å². The Bertz CT molecular complexity index is 879. The summed E-state index contributed by atoms with van der Waals surface area (Å²) < 4.78 is 1.83. The number of amides is 1. The molecule has 1 aliphatic rings. The average molecular weight is 376 g/mol. The van der Waals surface area contributed by atoms with Gasteiger partial charge in [-0.1, -0.05) is 12.1 Å². The maximum atomic E-state index is 12.6. The molecule has 1 N–H and O–H groups in total. The molecule has 0 aliphatic carbocycles. The van der Waals surface area contributed by atoms with Crippen LogP contribution in [0.5, 0.6) is 0 Å². The summed E-state index contributed by atoms with van der Waals surface area (Å²) in [6.45, 7) is 2.26. The minimum atomic E-state index is -0.00190. The van der Waals surface area contributed by atoms with E-state index in [0.717, 1.165) is 37.3 Å². The van der Waals surface area contributed by atoms with Gasteiger partial charge in [0.05, 0.1) is 17.8 Å². The van der Waals surface area contributed by atoms with Gasteiger partial charge in [-0.3, -0.25) is 9.78 Å². The number of piperidine rings is 1. The third-order valence-corrected chi connectivity index (χ3v) is 5.08. The Balaban J connectivity index is 1.26. The summed E-state index contributed by atoms with van der Waals surface area (Å²) in [4.78, 5) is 23.2. The van der Waals surface area contributed by atoms with Crippen LogP contribution < -0.4 is 10.2 Å². The number of nitrogens with zero attached hydrogens (tertiary/aromatic N) is 5. The molecule has 1 atom stereocenters. The van der Waals surface area contributed by atoms with Gasteiger partial charge < -0.3 is 10.2 Å². The Morgan fingerprint density at radius 3 is 2.82 bits per heavy atom. The number of anilines is 1. The summed E-state index contributed by atoms with van der Waals surface area (Å²) >= 11 is 0. The van der Waals surface area contributed by atoms with E-state index in [0.29, 0.717) is 13.1 Å². The zero-order valence-electron chi connectivity index (χ0n) is 15.7. The van der Waals surface area contributed by atoms with Crippen LogP contribution >= 0.6 is 0 Å². The second kappa shape index (κ2) is 8.65. The van der Waals surface area contributed by atoms with Gasteiger partial charge in [0.2, 0.25) is 5.91 Å². The number of rotatable bonds is 6. The fourth-order valence-electron chi connectivity index (χ4n) is 3.57. The molecule has 4 rings (SSSR count). The van der Waals surface area contributed by atoms with Crippen LogP contribution in [0.25, 0.3) is 5.69 Å². The van der Waals surface area contributed by atoms with Crippen molar-refractivity contribution in [2.24, 2.45) is 5.92 Å². The van der Waals surface area contributed by atoms with Crippen molar-refractivity contribution < 1.29 is 4.79 Å². The molecule has 3 heterocycles. The highest BCUT2D eigenvalue weighted by atomic mass is 16.1. The minimum absolute atomic E-state index is 0.00190. The summed E-state index contributed by atoms with van der Waals surface area (Å²) in [7, 11) is 0. The SMILES string of the molecule is O=C(NCCc1ccc(-n2cccn2)cc1)C1CCCN(c2cnccn2)C1. The normalized spacial score (nSPS) is 16.7. The molecule has 7 nitrogen and oxygen atoms in total. The first-order valence-corrected chi connectivity index (χ1v) is 9.67. The summed E-state index contributed by atoms with van der Waals surface area (Å²) in [6.07, 6.45) is 11.5. The first-order chi connectivity index (χ1) is 13.8. The molecule has 0 radical (unpaired) electrons. The van der Waals surface area contributed by atoms with Crippen LogP contribution in [-0.2, 0) is 11.2 Å². The molecule has 2 aromatic heterocycles. The van der Waals surface area contributed by atoms with Crippen LogP contribution in [0.1, 0.15) is 18.4 Å². The Hall–Kier alpha value is -3.22. The molecule has 1 aromatic carbocycles. The highest BCUT2D eigenvalue weighted by Gasteiger charge is 2.26. The van der Waals surface area contributed by atoms with Crippen molar-refractivity contribution in [1.82, 2.24) is 25.1 Å². The van der Waals surface area contributed by atoms with Gasteiger partial charge in [-0.25, -0.2) is 9.67 Å². The van der Waals surface area contributed by atoms with E-state index < -0.39 is 0 Å². The number of benzene rings is 1. The monoisotopic (exact) mass is 376 g/mol. The molecule has 1 fully saturated rings. The van der Waals surface area contributed by atoms with Crippen molar-refractivity contribution in [3.05, 3.63) is 66.9 Å². The largest absolute Gasteiger partial charge is 0.355 e. The van der Waals surface area contributed by atoms with E-state index in [1.165, 1.54) is 5.56 Å². The third kappa shape index (κ3) is 4.36. The Morgan fingerprint density at radius 2 is 2.07 bits per heavy atom. The number of carbonyl (C=O) groups excluding carboxylic acids is 1. The maximum absolute atomic E-state index is 12.6. The van der Waals surface area contributed by atoms with Gasteiger partial charge in [0.25, 0.3) is 0 Å². The number of hydrogen-bond acceptors (Lipinski definition) is 5. The Kier molecular flexibility index (Phi) is 5.61. The van der Waals surface area contributed by atoms with Gasteiger partial charge in [-0.15, -0.1) is 0 Å². The van der Waals surface area contributed by atoms with Crippen LogP contribution in [0, 0.1) is 5.92 Å². The van der Waals surface area contributed by atoms with Crippen LogP contribution in [0.15, 0.2) is 61.3 Å². The van der Waals surface area contributed by atoms with Crippen molar-refractivity contribution in [2.45, 2.75) is 19.3 Å². The standard InChI is InChI=1S/C21H24N6O/c28-21(18-3-1-13-26(16-18)20-15-22-11-12-23-20)24-10-8-17-4-6-19(7-5-17)27-14-2-9-25-27/h2,4-7,9,11-12,14-15,18H,1,3,8,10,13,16H2,(H,24,28). The zero-order valence-corrected chi connectivity index (χ0v) is 15.7. The molecule has 1 saturated heterocycles. The lowest BCUT2D eigenvalue weighted by molar-refractivity contribution is -0.125. The van der Waals surface area contributed by atoms with Gasteiger partial charge in [-0.05, 0) is 43.0 Å². The second-order valence-corrected chi connectivity index (χ2v) is 7.01. The zero-order chi connectivity index (χ0) is 19.2. The quantitative estimate of drug-likeness (QED) is 0.714. The van der Waals surface area contributed by atoms with Crippen LogP contribution in [0.4, 0.5) is 5.82 Å². The third-order valence-electron chi connectivity index (χ3n) is 5.08. The lowest BCUT2D eigenvalue weighted by atomic mass is 9.97. The summed E-state index contributed by atoms with van der Waals surface area (Å²) in [5, 5.41) is 7.32. The number of hydrogen-bond donors (Lipinski definition) is 1. The number of aromatic nitrogens is 4. The number of carbonyl (C=O) groups is 1. The lowest BCUT2D eigenvalue weighted by Gasteiger charge is -2.32. The van der Waals surface area contributed by atoms with Crippen LogP contribution in [0.3, 0.4) is 0 Å². The molecular formula is C21H24N6O. The second-order valence-electron chi connectivity index (χ2n) is 7.01. The van der Waals surface area contributed by atoms with Gasteiger partial charge in [0.15, 0.2) is 0 Å². The fraction of sp³-hybridized carbons (Fsp3) is 0.333. The number of nitrogens with one attached hydrogen (secondary N) is 1. The van der Waals surface area contributed by atoms with Crippen molar-refractivity contribution in [2.75, 3.05) is 24.5 Å². The highest BCUT2D eigenvalue weighted by molar-refractivity contribution is 5.79. The summed E-state index contributed by atoms with van der Waals surface area (Å²) in [6, 6.07) is 10.2. The van der Waals surface area contributed by atoms with E-state index >= 15 is 0 Å². The van der Waals surface area contributed by atoms with Gasteiger partial charge in [-0.2, -0.15) is 5.10 Å². The highest BCUT2D eigenvalue weighted by Crippen LogP contribution is 2.21. The summed E-state index contributed by atoms with van der Waals surface area (Å²) in [5.41, 5.74) is 2.23. The molecule has 1 aliphatic heterocycles. The molecule has 28 heavy (non-hydrogen) atoms. The minimum Gasteiger partial charge on any atom is -0.355 e. The molecule has 1 amide bonds. The van der Waals surface area contributed by atoms with E-state index in [9.17, 15) is 4.79 Å². The molecule has 144 valence electrons. The Labute approximate surface area is 164 Å². The van der Waals surface area contributed by atoms with Crippen LogP contribution in [-0.4, -0.2) is 45.3 Å². The van der Waals surface area contributed by atoms with Crippen molar-refractivity contribution in [1.29, 1.82) is 0 Å². The van der Waals surface area contributed by atoms with E-state index in [2.05, 4.69) is 37.4 Å². The lowest BCUT2D eigenvalue weighted by Crippen LogP contribution is -2.43. The first-order valence-electron chi connectivity index (χ1n) is 9.67. The van der Waals surface area contributed by atoms with E-state index in [-0.39, 0.29) is 11.8 Å². The van der Waals surface area contributed by atoms with Crippen LogP contribution in [0.2, 0.25) is 0 Å². The molecule has 1 unspecified atom stereocenters. The van der Waals surface area contributed by atoms with Crippen molar-refractivity contribution >= 4 is 11.7 Å². The summed E-state index contributed by atoms with van der Waals surface area (Å²) in [5.74, 6) is 0.969. The molecular weight excluding hydrogens is 352 g/mol. The topological polar surface area (TPSA) is 75.9 Å². The van der Waals surface area contributed by atoms with Gasteiger partial charge >= 0.3 is 0 Å². The van der Waals surface area contributed by atoms with E-state index in [4.69, 9.17) is 0 Å². The predicted molar refractivity (Wildman–Crippen MR) is 107 cm³/mol. The molecule has 0 saturated carbocycles. The van der Waals surface area contributed by atoms with Gasteiger partial charge in [0, 0.05) is 44.4 Å². The molecule has 0 spiro atoms. The molecule has 7 heteroatoms. The Morgan fingerprint density at radius 1 is 1.18 bits per heavy atom. The molecule has 0 bridgehead atoms. The van der Waals surface area contributed by atoms with E-state index in [1.54, 1.807) is 24.8 Å². The average Bonchev–Trinajstić information content (AvgIpc) is 3.30. The predicted octanol–water partition coefficient (Wildman–Crippen LogP) is 2.24. The van der Waals surface area contributed by atoms with Gasteiger partial charge in [0.1, 0.15) is 5.82 Å². The van der Waals surface area contributed by atoms with Crippen molar-refractivity contribution in [3.8, 4) is 5.69 Å².